The van der Waals surface area contributed by atoms with Gasteiger partial charge in [0.2, 0.25) is 0 Å². The van der Waals surface area contributed by atoms with Crippen molar-refractivity contribution in [1.29, 1.82) is 0 Å². The Morgan fingerprint density at radius 2 is 1.91 bits per heavy atom. The van der Waals surface area contributed by atoms with Gasteiger partial charge in [0.15, 0.2) is 5.13 Å². The predicted octanol–water partition coefficient (Wildman–Crippen LogP) is 4.23. The van der Waals surface area contributed by atoms with Crippen molar-refractivity contribution in [3.05, 3.63) is 39.9 Å². The van der Waals surface area contributed by atoms with Crippen molar-refractivity contribution in [2.45, 2.75) is 33.6 Å². The fourth-order valence-electron chi connectivity index (χ4n) is 2.34. The van der Waals surface area contributed by atoms with Crippen LogP contribution in [-0.2, 0) is 0 Å². The number of hydrogen-bond acceptors (Lipinski definition) is 4. The van der Waals surface area contributed by atoms with Crippen molar-refractivity contribution in [2.24, 2.45) is 0 Å². The second-order valence-corrected chi connectivity index (χ2v) is 6.54. The second-order valence-electron chi connectivity index (χ2n) is 5.54. The molecule has 0 fully saturated rings. The van der Waals surface area contributed by atoms with Crippen molar-refractivity contribution in [3.63, 3.8) is 0 Å². The number of benzene rings is 1. The third kappa shape index (κ3) is 4.07. The number of nitrogens with one attached hydrogen (secondary N) is 2. The first-order chi connectivity index (χ1) is 10.8. The van der Waals surface area contributed by atoms with Crippen LogP contribution in [0.4, 0.5) is 15.6 Å². The number of anilines is 2. The van der Waals surface area contributed by atoms with Gasteiger partial charge >= 0.3 is 6.09 Å². The van der Waals surface area contributed by atoms with Crippen LogP contribution in [0.5, 0.6) is 0 Å². The smallest absolute Gasteiger partial charge is 0.410 e. The van der Waals surface area contributed by atoms with Crippen LogP contribution in [0.25, 0.3) is 0 Å². The van der Waals surface area contributed by atoms with E-state index in [9.17, 15) is 9.59 Å². The molecule has 0 atom stereocenters. The minimum Gasteiger partial charge on any atom is -0.465 e. The molecule has 3 N–H and O–H groups in total. The molecule has 2 rings (SSSR count). The Balaban J connectivity index is 2.17. The van der Waals surface area contributed by atoms with Crippen molar-refractivity contribution >= 4 is 34.2 Å². The van der Waals surface area contributed by atoms with Crippen molar-refractivity contribution < 1.29 is 14.7 Å². The lowest BCUT2D eigenvalue weighted by Gasteiger charge is -2.12. The standard InChI is InChI=1S/C16H19N3O3S/c1-8(2)12-6-5-11(7-9(12)3)18-14(20)13-10(4)17-15(23-13)19-16(21)22/h5-8H,1-4H3,(H,17,19)(H,18,20)(H,21,22). The lowest BCUT2D eigenvalue weighted by molar-refractivity contribution is 0.102. The maximum absolute atomic E-state index is 12.3. The highest BCUT2D eigenvalue weighted by molar-refractivity contribution is 7.17. The number of nitrogens with zero attached hydrogens (tertiary/aromatic N) is 1. The summed E-state index contributed by atoms with van der Waals surface area (Å²) in [6.07, 6.45) is -1.20. The molecule has 0 saturated heterocycles. The van der Waals surface area contributed by atoms with Crippen LogP contribution in [0.3, 0.4) is 0 Å². The van der Waals surface area contributed by atoms with Crippen LogP contribution in [0.1, 0.15) is 46.3 Å². The maximum Gasteiger partial charge on any atom is 0.410 e. The molecule has 0 bridgehead atoms. The van der Waals surface area contributed by atoms with E-state index >= 15 is 0 Å². The van der Waals surface area contributed by atoms with E-state index in [0.29, 0.717) is 22.2 Å². The summed E-state index contributed by atoms with van der Waals surface area (Å²) in [7, 11) is 0. The molecule has 0 aliphatic heterocycles. The van der Waals surface area contributed by atoms with Gasteiger partial charge in [-0.2, -0.15) is 0 Å². The van der Waals surface area contributed by atoms with Crippen LogP contribution < -0.4 is 10.6 Å². The molecule has 1 heterocycles. The van der Waals surface area contributed by atoms with E-state index in [4.69, 9.17) is 5.11 Å². The van der Waals surface area contributed by atoms with Crippen LogP contribution in [0.15, 0.2) is 18.2 Å². The van der Waals surface area contributed by atoms with Crippen LogP contribution in [0, 0.1) is 13.8 Å². The van der Waals surface area contributed by atoms with E-state index < -0.39 is 6.09 Å². The summed E-state index contributed by atoms with van der Waals surface area (Å²) in [6, 6.07) is 5.81. The van der Waals surface area contributed by atoms with Crippen LogP contribution >= 0.6 is 11.3 Å². The summed E-state index contributed by atoms with van der Waals surface area (Å²) >= 11 is 1.01. The van der Waals surface area contributed by atoms with Gasteiger partial charge in [-0.25, -0.2) is 9.78 Å². The zero-order valence-electron chi connectivity index (χ0n) is 13.4. The van der Waals surface area contributed by atoms with E-state index in [0.717, 1.165) is 16.9 Å². The molecular weight excluding hydrogens is 314 g/mol. The number of rotatable bonds is 4. The van der Waals surface area contributed by atoms with E-state index in [1.807, 2.05) is 25.1 Å². The summed E-state index contributed by atoms with van der Waals surface area (Å²) < 4.78 is 0. The summed E-state index contributed by atoms with van der Waals surface area (Å²) in [5.41, 5.74) is 3.56. The third-order valence-corrected chi connectivity index (χ3v) is 4.44. The summed E-state index contributed by atoms with van der Waals surface area (Å²) in [6.45, 7) is 7.93. The Labute approximate surface area is 138 Å². The molecule has 0 aliphatic carbocycles. The van der Waals surface area contributed by atoms with Gasteiger partial charge in [-0.1, -0.05) is 31.3 Å². The molecule has 122 valence electrons. The predicted molar refractivity (Wildman–Crippen MR) is 91.7 cm³/mol. The topological polar surface area (TPSA) is 91.3 Å². The third-order valence-electron chi connectivity index (χ3n) is 3.37. The average molecular weight is 333 g/mol. The maximum atomic E-state index is 12.3. The number of carbonyl (C=O) groups is 2. The number of carbonyl (C=O) groups excluding carboxylic acids is 1. The summed E-state index contributed by atoms with van der Waals surface area (Å²) in [5, 5.41) is 13.9. The van der Waals surface area contributed by atoms with Gasteiger partial charge in [0, 0.05) is 5.69 Å². The number of aryl methyl sites for hydroxylation is 2. The first-order valence-electron chi connectivity index (χ1n) is 7.17. The number of thiazole rings is 1. The molecule has 7 heteroatoms. The molecule has 1 aromatic carbocycles. The molecule has 1 aromatic heterocycles. The fourth-order valence-corrected chi connectivity index (χ4v) is 3.19. The summed E-state index contributed by atoms with van der Waals surface area (Å²) in [5.74, 6) is 0.128. The summed E-state index contributed by atoms with van der Waals surface area (Å²) in [4.78, 5) is 27.4. The van der Waals surface area contributed by atoms with E-state index in [-0.39, 0.29) is 11.0 Å². The molecule has 0 saturated carbocycles. The highest BCUT2D eigenvalue weighted by atomic mass is 32.1. The van der Waals surface area contributed by atoms with Gasteiger partial charge in [-0.15, -0.1) is 0 Å². The molecule has 0 aliphatic rings. The zero-order chi connectivity index (χ0) is 17.1. The van der Waals surface area contributed by atoms with Crippen LogP contribution in [0.2, 0.25) is 0 Å². The minimum absolute atomic E-state index is 0.187. The van der Waals surface area contributed by atoms with Crippen LogP contribution in [-0.4, -0.2) is 22.1 Å². The van der Waals surface area contributed by atoms with E-state index in [1.165, 1.54) is 5.56 Å². The molecule has 6 nitrogen and oxygen atoms in total. The SMILES string of the molecule is Cc1cc(NC(=O)c2sc(NC(=O)O)nc2C)ccc1C(C)C. The Kier molecular flexibility index (Phi) is 5.00. The minimum atomic E-state index is -1.20. The lowest BCUT2D eigenvalue weighted by Crippen LogP contribution is -2.12. The molecule has 0 spiro atoms. The van der Waals surface area contributed by atoms with Crippen molar-refractivity contribution in [1.82, 2.24) is 4.98 Å². The quantitative estimate of drug-likeness (QED) is 0.781. The fraction of sp³-hybridized carbons (Fsp3) is 0.312. The average Bonchev–Trinajstić information content (AvgIpc) is 2.78. The van der Waals surface area contributed by atoms with E-state index in [2.05, 4.69) is 29.5 Å². The molecule has 0 radical (unpaired) electrons. The largest absolute Gasteiger partial charge is 0.465 e. The number of hydrogen-bond donors (Lipinski definition) is 3. The first kappa shape index (κ1) is 17.0. The van der Waals surface area contributed by atoms with Gasteiger partial charge in [0.1, 0.15) is 4.88 Å². The van der Waals surface area contributed by atoms with Gasteiger partial charge < -0.3 is 10.4 Å². The van der Waals surface area contributed by atoms with Crippen molar-refractivity contribution in [2.75, 3.05) is 10.6 Å². The highest BCUT2D eigenvalue weighted by Crippen LogP contribution is 2.25. The number of aromatic nitrogens is 1. The zero-order valence-corrected chi connectivity index (χ0v) is 14.2. The monoisotopic (exact) mass is 333 g/mol. The molecule has 2 aromatic rings. The Morgan fingerprint density at radius 1 is 1.22 bits per heavy atom. The Bertz CT molecular complexity index is 753. The number of amides is 2. The molecule has 0 unspecified atom stereocenters. The Morgan fingerprint density at radius 3 is 2.48 bits per heavy atom. The Hall–Kier alpha value is -2.41. The van der Waals surface area contributed by atoms with Gasteiger partial charge in [-0.3, -0.25) is 10.1 Å². The number of carboxylic acid groups (broad SMARTS) is 1. The van der Waals surface area contributed by atoms with Gasteiger partial charge in [0.25, 0.3) is 5.91 Å². The molecular formula is C16H19N3O3S. The lowest BCUT2D eigenvalue weighted by atomic mass is 9.98. The molecule has 2 amide bonds. The van der Waals surface area contributed by atoms with Gasteiger partial charge in [0.05, 0.1) is 5.69 Å². The van der Waals surface area contributed by atoms with Gasteiger partial charge in [-0.05, 0) is 43.0 Å². The normalized spacial score (nSPS) is 10.7. The first-order valence-corrected chi connectivity index (χ1v) is 7.99. The highest BCUT2D eigenvalue weighted by Gasteiger charge is 2.17. The second kappa shape index (κ2) is 6.78. The van der Waals surface area contributed by atoms with E-state index in [1.54, 1.807) is 6.92 Å². The molecule has 23 heavy (non-hydrogen) atoms. The van der Waals surface area contributed by atoms with Crippen molar-refractivity contribution in [3.8, 4) is 0 Å².